The Kier molecular flexibility index (Phi) is 60.2. The van der Waals surface area contributed by atoms with Crippen LogP contribution in [0.2, 0.25) is 0 Å². The number of hydrogen-bond donors (Lipinski definition) is 0. The molecule has 0 aromatic heterocycles. The van der Waals surface area contributed by atoms with Crippen molar-refractivity contribution in [2.45, 2.75) is 80.9 Å². The topological polar surface area (TPSA) is 185 Å². The molecule has 10 fully saturated rings. The van der Waals surface area contributed by atoms with Crippen LogP contribution in [0.3, 0.4) is 0 Å². The quantitative estimate of drug-likeness (QED) is 0.320. The van der Waals surface area contributed by atoms with Crippen LogP contribution < -0.4 is 0 Å². The molecule has 0 saturated carbocycles. The van der Waals surface area contributed by atoms with Crippen molar-refractivity contribution in [3.8, 4) is 292 Å². The van der Waals surface area contributed by atoms with Crippen molar-refractivity contribution in [2.24, 2.45) is 23.7 Å². The smallest absolute Gasteiger partial charge is 0.223 e. The maximum absolute atomic E-state index is 5.25. The van der Waals surface area contributed by atoms with Crippen molar-refractivity contribution in [1.29, 1.82) is 0 Å². The van der Waals surface area contributed by atoms with Crippen LogP contribution in [0.25, 0.3) is 0 Å². The van der Waals surface area contributed by atoms with Gasteiger partial charge in [-0.1, -0.05) is 59.2 Å². The number of rotatable bonds is 0. The van der Waals surface area contributed by atoms with Gasteiger partial charge < -0.3 is 94.7 Å². The van der Waals surface area contributed by atoms with Crippen LogP contribution in [0, 0.1) is 315 Å². The highest BCUT2D eigenvalue weighted by Gasteiger charge is 2.23. The normalized spacial score (nSPS) is 24.9. The zero-order chi connectivity index (χ0) is 78.8. The molecule has 10 aliphatic heterocycles. The molecule has 20 nitrogen and oxygen atoms in total. The van der Waals surface area contributed by atoms with Crippen LogP contribution >= 0.6 is 0 Å². The van der Waals surface area contributed by atoms with Gasteiger partial charge in [-0.3, -0.25) is 0 Å². The molecule has 0 N–H and O–H groups in total. The van der Waals surface area contributed by atoms with E-state index >= 15 is 0 Å². The molecular formula is C88H80O20. The first kappa shape index (κ1) is 94.7. The van der Waals surface area contributed by atoms with E-state index in [9.17, 15) is 0 Å². The highest BCUT2D eigenvalue weighted by atomic mass is 16.7. The van der Waals surface area contributed by atoms with Crippen molar-refractivity contribution in [3.05, 3.63) is 0 Å². The maximum atomic E-state index is 5.25. The fourth-order valence-corrected chi connectivity index (χ4v) is 7.33. The predicted octanol–water partition coefficient (Wildman–Crippen LogP) is 1.91. The second-order valence-corrected chi connectivity index (χ2v) is 20.4. The van der Waals surface area contributed by atoms with Gasteiger partial charge in [0.2, 0.25) is 31.5 Å². The van der Waals surface area contributed by atoms with Crippen molar-refractivity contribution in [2.75, 3.05) is 152 Å². The summed E-state index contributed by atoms with van der Waals surface area (Å²) in [6.45, 7) is 12.7. The van der Waals surface area contributed by atoms with E-state index in [1.54, 1.807) is 0 Å². The average molecular weight is 1460 g/mol. The Hall–Kier alpha value is -11.4. The summed E-state index contributed by atoms with van der Waals surface area (Å²) in [4.78, 5) is 0. The Morgan fingerprint density at radius 1 is 0.176 bits per heavy atom. The van der Waals surface area contributed by atoms with Crippen molar-refractivity contribution in [1.82, 2.24) is 0 Å². The summed E-state index contributed by atoms with van der Waals surface area (Å²) in [5.74, 6) is 81.6. The van der Waals surface area contributed by atoms with Gasteiger partial charge in [-0.2, -0.15) is 0 Å². The molecule has 552 valence electrons. The minimum absolute atomic E-state index is 0.0360. The molecule has 108 heavy (non-hydrogen) atoms. The highest BCUT2D eigenvalue weighted by Crippen LogP contribution is 2.13. The molecule has 0 spiro atoms. The minimum Gasteiger partial charge on any atom is -0.375 e. The molecular weight excluding hydrogens is 1380 g/mol. The SMILES string of the molecule is C#CC#CC#CC1OCCCO1.C#CC#CC1COC(C#C)CO1.C#CC#CC1COC(C#C)OC1.C#CC#CC1COC(C#C)OC1.C#CC#CC1COCCO1.C#CC#CC1COCOC1.C#CC#CC1OCC(C#C)CO1.C#CC#CC1OCCCO1.C#CC1COC(C#C)CO1.C#CC1COCCO1. The fourth-order valence-electron chi connectivity index (χ4n) is 7.33. The van der Waals surface area contributed by atoms with E-state index in [0.717, 1.165) is 12.8 Å². The Morgan fingerprint density at radius 2 is 0.472 bits per heavy atom. The van der Waals surface area contributed by atoms with Gasteiger partial charge in [0.15, 0.2) is 0 Å². The minimum atomic E-state index is -0.520. The standard InChI is InChI=1S/5C10H8O2.4C8H8O2.C6H8O2/c2*1-3-5-6-9-7-11-10(4-2)12-8-9;1-3-5-6-10-8-11-9(4-2)7-12-10;1-3-5-6-10-11-7-9(4-2)8-12-10;1-2-3-4-5-7-10-11-8-6-9-12-10;1-3-7-5-10-8(4-2)6-9-7;1-2-3-5-8-9-6-4-7-10-8;1-2-3-4-8-5-9-7-10-6-8;1-2-3-4-8-7-9-5-6-10-8;1-2-6-5-7-3-4-8-6/h4*1-2,9-10H,7-8H2;1,10H,6,8-9H2;1-2,7-8H,5-6H2;1,8H,4,6-7H2;2*1,8H,5-7H2;1,6H,3-5H2. The summed E-state index contributed by atoms with van der Waals surface area (Å²) in [6.07, 6.45) is 73.5. The van der Waals surface area contributed by atoms with Gasteiger partial charge in [-0.15, -0.1) is 96.4 Å². The van der Waals surface area contributed by atoms with Crippen LogP contribution in [-0.2, 0) is 94.7 Å². The average Bonchev–Trinajstić information content (AvgIpc) is 0.964. The molecule has 0 aromatic carbocycles. The molecule has 0 bridgehead atoms. The zero-order valence-electron chi connectivity index (χ0n) is 59.7. The molecule has 10 heterocycles. The zero-order valence-corrected chi connectivity index (χ0v) is 59.7. The second-order valence-electron chi connectivity index (χ2n) is 20.4. The van der Waals surface area contributed by atoms with Crippen LogP contribution in [0.4, 0.5) is 0 Å². The summed E-state index contributed by atoms with van der Waals surface area (Å²) in [7, 11) is 0. The molecule has 0 aliphatic carbocycles. The largest absolute Gasteiger partial charge is 0.375 e. The monoisotopic (exact) mass is 1460 g/mol. The molecule has 10 aliphatic rings. The van der Waals surface area contributed by atoms with Crippen LogP contribution in [0.1, 0.15) is 12.8 Å². The van der Waals surface area contributed by atoms with E-state index in [1.807, 2.05) is 0 Å². The first-order valence-corrected chi connectivity index (χ1v) is 32.6. The maximum Gasteiger partial charge on any atom is 0.223 e. The van der Waals surface area contributed by atoms with Gasteiger partial charge in [0.05, 0.1) is 169 Å². The van der Waals surface area contributed by atoms with Crippen molar-refractivity contribution >= 4 is 0 Å². The Balaban J connectivity index is 0.000000601. The Bertz CT molecular complexity index is 3540. The lowest BCUT2D eigenvalue weighted by molar-refractivity contribution is -0.158. The third-order valence-corrected chi connectivity index (χ3v) is 12.4. The fraction of sp³-hybridized carbons (Fsp3) is 0.455. The van der Waals surface area contributed by atoms with E-state index in [2.05, 4.69) is 195 Å². The summed E-state index contributed by atoms with van der Waals surface area (Å²) in [6, 6.07) is 0. The number of hydrogen-bond acceptors (Lipinski definition) is 20. The summed E-state index contributed by atoms with van der Waals surface area (Å²) in [5.41, 5.74) is 0. The lowest BCUT2D eigenvalue weighted by Crippen LogP contribution is -2.33. The van der Waals surface area contributed by atoms with E-state index in [0.29, 0.717) is 152 Å². The van der Waals surface area contributed by atoms with E-state index in [1.165, 1.54) is 0 Å². The Labute approximate surface area is 640 Å². The van der Waals surface area contributed by atoms with E-state index in [4.69, 9.17) is 191 Å². The van der Waals surface area contributed by atoms with Gasteiger partial charge in [0.25, 0.3) is 0 Å². The molecule has 0 aromatic rings. The Morgan fingerprint density at radius 3 is 0.796 bits per heavy atom. The van der Waals surface area contributed by atoms with Gasteiger partial charge in [0.1, 0.15) is 43.4 Å². The van der Waals surface area contributed by atoms with Gasteiger partial charge in [-0.05, 0) is 149 Å². The van der Waals surface area contributed by atoms with E-state index in [-0.39, 0.29) is 60.3 Å². The molecule has 0 amide bonds. The highest BCUT2D eigenvalue weighted by molar-refractivity contribution is 5.34. The van der Waals surface area contributed by atoms with Crippen LogP contribution in [0.15, 0.2) is 0 Å². The second kappa shape index (κ2) is 68.7. The first-order chi connectivity index (χ1) is 53.0. The summed E-state index contributed by atoms with van der Waals surface area (Å²) < 4.78 is 102. The lowest BCUT2D eigenvalue weighted by atomic mass is 10.2. The predicted molar refractivity (Wildman–Crippen MR) is 401 cm³/mol. The first-order valence-electron chi connectivity index (χ1n) is 32.6. The molecule has 10 rings (SSSR count). The number of ether oxygens (including phenoxy) is 20. The van der Waals surface area contributed by atoms with Crippen molar-refractivity contribution < 1.29 is 94.7 Å². The van der Waals surface area contributed by atoms with Crippen LogP contribution in [0.5, 0.6) is 0 Å². The van der Waals surface area contributed by atoms with Crippen molar-refractivity contribution in [3.63, 3.8) is 0 Å². The lowest BCUT2D eigenvalue weighted by Gasteiger charge is -2.22. The van der Waals surface area contributed by atoms with Gasteiger partial charge in [0, 0.05) is 0 Å². The number of terminal acetylenes is 15. The van der Waals surface area contributed by atoms with E-state index < -0.39 is 31.5 Å². The molecule has 6 unspecified atom stereocenters. The molecule has 20 heteroatoms. The summed E-state index contributed by atoms with van der Waals surface area (Å²) >= 11 is 0. The van der Waals surface area contributed by atoms with Gasteiger partial charge in [-0.25, -0.2) is 0 Å². The molecule has 10 saturated heterocycles. The molecule has 0 radical (unpaired) electrons. The third kappa shape index (κ3) is 51.7. The van der Waals surface area contributed by atoms with Crippen LogP contribution in [-0.4, -0.2) is 220 Å². The van der Waals surface area contributed by atoms with Gasteiger partial charge >= 0.3 is 0 Å². The summed E-state index contributed by atoms with van der Waals surface area (Å²) in [5, 5.41) is 0. The molecule has 6 atom stereocenters. The third-order valence-electron chi connectivity index (χ3n) is 12.4.